The summed E-state index contributed by atoms with van der Waals surface area (Å²) >= 11 is 0. The Morgan fingerprint density at radius 1 is 1.05 bits per heavy atom. The van der Waals surface area contributed by atoms with Gasteiger partial charge in [-0.1, -0.05) is 42.5 Å². The van der Waals surface area contributed by atoms with Crippen LogP contribution in [0.15, 0.2) is 42.5 Å². The van der Waals surface area contributed by atoms with E-state index in [1.165, 1.54) is 16.7 Å². The van der Waals surface area contributed by atoms with Gasteiger partial charge in [-0.05, 0) is 48.9 Å². The van der Waals surface area contributed by atoms with Crippen LogP contribution in [0.25, 0.3) is 0 Å². The van der Waals surface area contributed by atoms with E-state index < -0.39 is 0 Å². The van der Waals surface area contributed by atoms with Gasteiger partial charge >= 0.3 is 0 Å². The van der Waals surface area contributed by atoms with Gasteiger partial charge in [-0.3, -0.25) is 4.79 Å². The highest BCUT2D eigenvalue weighted by molar-refractivity contribution is 6.02. The molecule has 96 valence electrons. The average molecular weight is 250 g/mol. The zero-order valence-corrected chi connectivity index (χ0v) is 11.4. The molecule has 1 unspecified atom stereocenters. The number of ketones is 1. The van der Waals surface area contributed by atoms with Crippen LogP contribution in [0.2, 0.25) is 0 Å². The van der Waals surface area contributed by atoms with Crippen molar-refractivity contribution >= 4 is 5.78 Å². The first-order chi connectivity index (χ1) is 9.18. The molecule has 0 heterocycles. The summed E-state index contributed by atoms with van der Waals surface area (Å²) in [6.07, 6.45) is 1.98. The predicted octanol–water partition coefficient (Wildman–Crippen LogP) is 4.22. The molecule has 1 aliphatic rings. The lowest BCUT2D eigenvalue weighted by atomic mass is 9.89. The fourth-order valence-corrected chi connectivity index (χ4v) is 3.04. The third-order valence-corrected chi connectivity index (χ3v) is 4.32. The molecule has 0 fully saturated rings. The minimum Gasteiger partial charge on any atom is -0.293 e. The summed E-state index contributed by atoms with van der Waals surface area (Å²) in [7, 11) is 0. The smallest absolute Gasteiger partial charge is 0.170 e. The Kier molecular flexibility index (Phi) is 2.98. The molecule has 1 nitrogen and oxygen atoms in total. The molecule has 0 aromatic heterocycles. The van der Waals surface area contributed by atoms with Crippen LogP contribution in [0.1, 0.15) is 45.0 Å². The molecular formula is C18H18O. The highest BCUT2D eigenvalue weighted by Crippen LogP contribution is 2.36. The van der Waals surface area contributed by atoms with Crippen LogP contribution in [0.3, 0.4) is 0 Å². The van der Waals surface area contributed by atoms with Crippen molar-refractivity contribution < 1.29 is 4.79 Å². The molecule has 0 aliphatic heterocycles. The second-order valence-electron chi connectivity index (χ2n) is 5.40. The van der Waals surface area contributed by atoms with Crippen molar-refractivity contribution in [1.29, 1.82) is 0 Å². The molecule has 0 bridgehead atoms. The molecule has 19 heavy (non-hydrogen) atoms. The van der Waals surface area contributed by atoms with Gasteiger partial charge in [0.05, 0.1) is 0 Å². The summed E-state index contributed by atoms with van der Waals surface area (Å²) < 4.78 is 0. The lowest BCUT2D eigenvalue weighted by molar-refractivity contribution is 0.0959. The van der Waals surface area contributed by atoms with E-state index in [4.69, 9.17) is 0 Å². The van der Waals surface area contributed by atoms with Gasteiger partial charge in [-0.2, -0.15) is 0 Å². The van der Waals surface area contributed by atoms with Gasteiger partial charge in [-0.25, -0.2) is 0 Å². The highest BCUT2D eigenvalue weighted by Gasteiger charge is 2.29. The van der Waals surface area contributed by atoms with E-state index in [2.05, 4.69) is 31.2 Å². The Balaban J connectivity index is 2.00. The topological polar surface area (TPSA) is 17.1 Å². The van der Waals surface area contributed by atoms with E-state index in [1.807, 2.05) is 25.1 Å². The van der Waals surface area contributed by atoms with Gasteiger partial charge in [0.15, 0.2) is 5.78 Å². The number of benzene rings is 2. The van der Waals surface area contributed by atoms with Gasteiger partial charge in [0.25, 0.3) is 0 Å². The van der Waals surface area contributed by atoms with Crippen molar-refractivity contribution in [3.63, 3.8) is 0 Å². The van der Waals surface area contributed by atoms with Crippen molar-refractivity contribution in [2.45, 2.75) is 32.6 Å². The van der Waals surface area contributed by atoms with Crippen molar-refractivity contribution in [1.82, 2.24) is 0 Å². The quantitative estimate of drug-likeness (QED) is 0.729. The lowest BCUT2D eigenvalue weighted by Crippen LogP contribution is -2.12. The maximum atomic E-state index is 12.8. The maximum absolute atomic E-state index is 12.8. The van der Waals surface area contributed by atoms with Crippen LogP contribution in [0.5, 0.6) is 0 Å². The van der Waals surface area contributed by atoms with Crippen LogP contribution in [0, 0.1) is 13.8 Å². The van der Waals surface area contributed by atoms with Gasteiger partial charge in [0.1, 0.15) is 0 Å². The van der Waals surface area contributed by atoms with Crippen molar-refractivity contribution in [3.05, 3.63) is 70.3 Å². The second-order valence-corrected chi connectivity index (χ2v) is 5.40. The number of aryl methyl sites for hydroxylation is 2. The van der Waals surface area contributed by atoms with Crippen molar-refractivity contribution in [2.24, 2.45) is 0 Å². The van der Waals surface area contributed by atoms with E-state index >= 15 is 0 Å². The van der Waals surface area contributed by atoms with Crippen LogP contribution in [0.4, 0.5) is 0 Å². The van der Waals surface area contributed by atoms with Crippen molar-refractivity contribution in [2.75, 3.05) is 0 Å². The first kappa shape index (κ1) is 12.2. The molecule has 0 saturated carbocycles. The molecule has 0 spiro atoms. The number of hydrogen-bond acceptors (Lipinski definition) is 1. The van der Waals surface area contributed by atoms with E-state index in [0.29, 0.717) is 0 Å². The summed E-state index contributed by atoms with van der Waals surface area (Å²) in [4.78, 5) is 12.8. The molecule has 3 rings (SSSR count). The Bertz CT molecular complexity index is 640. The molecule has 1 heteroatoms. The number of carbonyl (C=O) groups is 1. The summed E-state index contributed by atoms with van der Waals surface area (Å²) in [5, 5.41) is 0. The zero-order chi connectivity index (χ0) is 13.4. The van der Waals surface area contributed by atoms with E-state index in [-0.39, 0.29) is 11.7 Å². The molecule has 2 aromatic carbocycles. The predicted molar refractivity (Wildman–Crippen MR) is 77.8 cm³/mol. The maximum Gasteiger partial charge on any atom is 0.170 e. The Hall–Kier alpha value is -1.89. The molecule has 0 radical (unpaired) electrons. The summed E-state index contributed by atoms with van der Waals surface area (Å²) in [6, 6.07) is 14.4. The third kappa shape index (κ3) is 1.99. The Labute approximate surface area is 114 Å². The fourth-order valence-electron chi connectivity index (χ4n) is 3.04. The first-order valence-corrected chi connectivity index (χ1v) is 6.86. The summed E-state index contributed by atoms with van der Waals surface area (Å²) in [5.74, 6) is 0.336. The largest absolute Gasteiger partial charge is 0.293 e. The summed E-state index contributed by atoms with van der Waals surface area (Å²) in [5.41, 5.74) is 5.77. The highest BCUT2D eigenvalue weighted by atomic mass is 16.1. The minimum atomic E-state index is 0.0525. The molecule has 2 aromatic rings. The molecule has 0 amide bonds. The number of hydrogen-bond donors (Lipinski definition) is 0. The van der Waals surface area contributed by atoms with Gasteiger partial charge in [0.2, 0.25) is 0 Å². The van der Waals surface area contributed by atoms with Crippen molar-refractivity contribution in [3.8, 4) is 0 Å². The zero-order valence-electron chi connectivity index (χ0n) is 11.4. The minimum absolute atomic E-state index is 0.0525. The summed E-state index contributed by atoms with van der Waals surface area (Å²) in [6.45, 7) is 4.11. The van der Waals surface area contributed by atoms with Gasteiger partial charge in [0, 0.05) is 11.5 Å². The normalized spacial score (nSPS) is 17.3. The van der Waals surface area contributed by atoms with Crippen LogP contribution >= 0.6 is 0 Å². The monoisotopic (exact) mass is 250 g/mol. The molecule has 1 aliphatic carbocycles. The van der Waals surface area contributed by atoms with Crippen LogP contribution in [-0.4, -0.2) is 5.78 Å². The van der Waals surface area contributed by atoms with E-state index in [9.17, 15) is 4.79 Å². The fraction of sp³-hybridized carbons (Fsp3) is 0.278. The SMILES string of the molecule is Cc1cccc(C(=O)C2CCc3ccccc32)c1C. The van der Waals surface area contributed by atoms with Gasteiger partial charge in [-0.15, -0.1) is 0 Å². The molecule has 1 atom stereocenters. The standard InChI is InChI=1S/C18H18O/c1-12-6-5-9-15(13(12)2)18(19)17-11-10-14-7-3-4-8-16(14)17/h3-9,17H,10-11H2,1-2H3. The van der Waals surface area contributed by atoms with E-state index in [1.54, 1.807) is 0 Å². The first-order valence-electron chi connectivity index (χ1n) is 6.86. The molecule has 0 N–H and O–H groups in total. The number of fused-ring (bicyclic) bond motifs is 1. The second kappa shape index (κ2) is 4.65. The van der Waals surface area contributed by atoms with E-state index in [0.717, 1.165) is 24.0 Å². The Morgan fingerprint density at radius 3 is 2.68 bits per heavy atom. The number of carbonyl (C=O) groups excluding carboxylic acids is 1. The number of rotatable bonds is 2. The van der Waals surface area contributed by atoms with Crippen LogP contribution in [-0.2, 0) is 6.42 Å². The molecule has 0 saturated heterocycles. The Morgan fingerprint density at radius 2 is 1.84 bits per heavy atom. The number of Topliss-reactive ketones (excluding diaryl/α,β-unsaturated/α-hetero) is 1. The third-order valence-electron chi connectivity index (χ3n) is 4.32. The molecular weight excluding hydrogens is 232 g/mol. The van der Waals surface area contributed by atoms with Gasteiger partial charge < -0.3 is 0 Å². The lowest BCUT2D eigenvalue weighted by Gasteiger charge is -2.13. The van der Waals surface area contributed by atoms with Crippen LogP contribution < -0.4 is 0 Å². The average Bonchev–Trinajstić information content (AvgIpc) is 2.85.